The fourth-order valence-electron chi connectivity index (χ4n) is 2.93. The van der Waals surface area contributed by atoms with E-state index in [9.17, 15) is 38.7 Å². The molecule has 0 saturated heterocycles. The summed E-state index contributed by atoms with van der Waals surface area (Å²) >= 11 is 0. The van der Waals surface area contributed by atoms with E-state index in [1.165, 1.54) is 49.6 Å². The van der Waals surface area contributed by atoms with Gasteiger partial charge in [-0.3, -0.25) is 25.0 Å². The highest BCUT2D eigenvalue weighted by Crippen LogP contribution is 2.29. The Labute approximate surface area is 209 Å². The van der Waals surface area contributed by atoms with E-state index in [2.05, 4.69) is 5.32 Å². The monoisotopic (exact) mass is 524 g/mol. The fourth-order valence-corrected chi connectivity index (χ4v) is 3.86. The van der Waals surface area contributed by atoms with Gasteiger partial charge in [-0.1, -0.05) is 12.1 Å². The minimum Gasteiger partial charge on any atom is -0.496 e. The smallest absolute Gasteiger partial charge is 0.339 e. The molecule has 0 aliphatic rings. The molecule has 0 unspecified atom stereocenters. The molecule has 13 nitrogen and oxygen atoms in total. The molecule has 37 heavy (non-hydrogen) atoms. The summed E-state index contributed by atoms with van der Waals surface area (Å²) in [7, 11) is -2.95. The van der Waals surface area contributed by atoms with Crippen molar-refractivity contribution in [3.63, 3.8) is 0 Å². The van der Waals surface area contributed by atoms with Crippen molar-refractivity contribution in [2.24, 2.45) is 0 Å². The molecule has 3 aromatic rings. The quantitative estimate of drug-likeness (QED) is 0.141. The average Bonchev–Trinajstić information content (AvgIpc) is 2.88. The molecule has 3 aromatic carbocycles. The van der Waals surface area contributed by atoms with E-state index in [1.807, 2.05) is 0 Å². The largest absolute Gasteiger partial charge is 0.496 e. The van der Waals surface area contributed by atoms with Crippen LogP contribution in [0.25, 0.3) is 6.08 Å². The van der Waals surface area contributed by atoms with Gasteiger partial charge in [-0.05, 0) is 48.0 Å². The predicted octanol–water partition coefficient (Wildman–Crippen LogP) is 3.82. The molecule has 0 fully saturated rings. The van der Waals surface area contributed by atoms with Crippen molar-refractivity contribution >= 4 is 39.2 Å². The average molecular weight is 524 g/mol. The lowest BCUT2D eigenvalue weighted by Gasteiger charge is -2.08. The van der Waals surface area contributed by atoms with Crippen LogP contribution in [-0.2, 0) is 14.9 Å². The summed E-state index contributed by atoms with van der Waals surface area (Å²) in [6, 6.07) is 14.9. The van der Waals surface area contributed by atoms with Crippen LogP contribution in [0.5, 0.6) is 11.5 Å². The number of hydrogen-bond acceptors (Lipinski definition) is 10. The predicted molar refractivity (Wildman–Crippen MR) is 129 cm³/mol. The summed E-state index contributed by atoms with van der Waals surface area (Å²) in [6.45, 7) is 0. The number of nitrogens with one attached hydrogen (secondary N) is 1. The first-order valence-corrected chi connectivity index (χ1v) is 11.5. The third-order valence-electron chi connectivity index (χ3n) is 4.75. The van der Waals surface area contributed by atoms with Crippen LogP contribution in [0.1, 0.15) is 5.56 Å². The number of rotatable bonds is 9. The summed E-state index contributed by atoms with van der Waals surface area (Å²) in [4.78, 5) is 32.9. The standard InChI is InChI=1S/C23H16N4O9S/c1-35-19-8-11-21(22(13-19)27(31)32)25-23(28)16(14-24)12-15-2-6-18(7-3-15)36-37(33,34)20-9-4-17(5-10-20)26(29)30/h2-13H,1H3,(H,25,28)/b16-12+. The van der Waals surface area contributed by atoms with E-state index >= 15 is 0 Å². The summed E-state index contributed by atoms with van der Waals surface area (Å²) in [5.74, 6) is -0.789. The van der Waals surface area contributed by atoms with Gasteiger partial charge in [0.25, 0.3) is 17.3 Å². The van der Waals surface area contributed by atoms with Crippen molar-refractivity contribution in [3.05, 3.63) is 98.1 Å². The number of hydrogen-bond donors (Lipinski definition) is 1. The van der Waals surface area contributed by atoms with Crippen LogP contribution in [-0.4, -0.2) is 31.3 Å². The molecular formula is C23H16N4O9S. The Morgan fingerprint density at radius 3 is 2.14 bits per heavy atom. The Bertz CT molecular complexity index is 1540. The zero-order chi connectivity index (χ0) is 27.2. The van der Waals surface area contributed by atoms with E-state index in [1.54, 1.807) is 6.07 Å². The van der Waals surface area contributed by atoms with Crippen molar-refractivity contribution in [1.82, 2.24) is 0 Å². The molecule has 0 aromatic heterocycles. The van der Waals surface area contributed by atoms with Gasteiger partial charge in [0.2, 0.25) is 0 Å². The highest BCUT2D eigenvalue weighted by molar-refractivity contribution is 7.87. The Hall–Kier alpha value is -5.29. The van der Waals surface area contributed by atoms with Crippen molar-refractivity contribution in [2.45, 2.75) is 4.90 Å². The number of amides is 1. The van der Waals surface area contributed by atoms with E-state index in [0.29, 0.717) is 5.56 Å². The van der Waals surface area contributed by atoms with Crippen LogP contribution in [0.15, 0.2) is 77.2 Å². The maximum Gasteiger partial charge on any atom is 0.339 e. The Morgan fingerprint density at radius 2 is 1.59 bits per heavy atom. The number of non-ortho nitro benzene ring substituents is 1. The number of nitro benzene ring substituents is 2. The van der Waals surface area contributed by atoms with E-state index in [4.69, 9.17) is 8.92 Å². The normalized spacial score (nSPS) is 11.2. The number of methoxy groups -OCH3 is 1. The van der Waals surface area contributed by atoms with Crippen LogP contribution in [0.4, 0.5) is 17.1 Å². The maximum absolute atomic E-state index is 12.6. The molecule has 0 spiro atoms. The minimum absolute atomic E-state index is 0.0904. The van der Waals surface area contributed by atoms with Gasteiger partial charge in [-0.25, -0.2) is 0 Å². The number of carbonyl (C=O) groups is 1. The van der Waals surface area contributed by atoms with Crippen molar-refractivity contribution in [2.75, 3.05) is 12.4 Å². The van der Waals surface area contributed by atoms with Crippen molar-refractivity contribution < 1.29 is 32.0 Å². The number of nitriles is 1. The summed E-state index contributed by atoms with van der Waals surface area (Å²) in [5, 5.41) is 33.7. The zero-order valence-corrected chi connectivity index (χ0v) is 19.7. The molecule has 14 heteroatoms. The number of ether oxygens (including phenoxy) is 1. The number of nitrogens with zero attached hydrogens (tertiary/aromatic N) is 3. The van der Waals surface area contributed by atoms with Crippen molar-refractivity contribution in [3.8, 4) is 17.6 Å². The molecule has 0 bridgehead atoms. The third kappa shape index (κ3) is 6.44. The highest BCUT2D eigenvalue weighted by Gasteiger charge is 2.20. The fraction of sp³-hybridized carbons (Fsp3) is 0.0435. The SMILES string of the molecule is COc1ccc(NC(=O)/C(C#N)=C/c2ccc(OS(=O)(=O)c3ccc([N+](=O)[O-])cc3)cc2)c([N+](=O)[O-])c1. The van der Waals surface area contributed by atoms with Crippen LogP contribution >= 0.6 is 0 Å². The lowest BCUT2D eigenvalue weighted by atomic mass is 10.1. The zero-order valence-electron chi connectivity index (χ0n) is 18.9. The van der Waals surface area contributed by atoms with E-state index in [-0.39, 0.29) is 33.3 Å². The van der Waals surface area contributed by atoms with E-state index < -0.39 is 31.6 Å². The summed E-state index contributed by atoms with van der Waals surface area (Å²) in [6.07, 6.45) is 1.19. The second-order valence-electron chi connectivity index (χ2n) is 7.12. The first-order chi connectivity index (χ1) is 17.5. The molecule has 0 saturated carbocycles. The summed E-state index contributed by atoms with van der Waals surface area (Å²) < 4.78 is 34.8. The van der Waals surface area contributed by atoms with Gasteiger partial charge < -0.3 is 14.2 Å². The molecule has 0 atom stereocenters. The topological polar surface area (TPSA) is 192 Å². The second-order valence-corrected chi connectivity index (χ2v) is 8.67. The molecule has 3 rings (SSSR count). The number of benzene rings is 3. The molecule has 1 N–H and O–H groups in total. The molecule has 0 aliphatic heterocycles. The molecular weight excluding hydrogens is 508 g/mol. The summed E-state index contributed by atoms with van der Waals surface area (Å²) in [5.41, 5.74) is -0.903. The van der Waals surface area contributed by atoms with E-state index in [0.717, 1.165) is 30.3 Å². The second kappa shape index (κ2) is 11.0. The van der Waals surface area contributed by atoms with Crippen LogP contribution in [0, 0.1) is 31.6 Å². The first-order valence-electron chi connectivity index (χ1n) is 10.1. The third-order valence-corrected chi connectivity index (χ3v) is 6.01. The van der Waals surface area contributed by atoms with Crippen molar-refractivity contribution in [1.29, 1.82) is 5.26 Å². The van der Waals surface area contributed by atoms with Crippen LogP contribution < -0.4 is 14.2 Å². The van der Waals surface area contributed by atoms with Gasteiger partial charge in [0, 0.05) is 12.1 Å². The van der Waals surface area contributed by atoms with Crippen LogP contribution in [0.3, 0.4) is 0 Å². The Balaban J connectivity index is 1.76. The molecule has 0 radical (unpaired) electrons. The van der Waals surface area contributed by atoms with Gasteiger partial charge >= 0.3 is 10.1 Å². The lowest BCUT2D eigenvalue weighted by Crippen LogP contribution is -2.14. The minimum atomic E-state index is -4.28. The first kappa shape index (κ1) is 26.3. The number of anilines is 1. The molecule has 0 aliphatic carbocycles. The molecule has 0 heterocycles. The highest BCUT2D eigenvalue weighted by atomic mass is 32.2. The van der Waals surface area contributed by atoms with Gasteiger partial charge in [-0.15, -0.1) is 0 Å². The van der Waals surface area contributed by atoms with Gasteiger partial charge in [-0.2, -0.15) is 13.7 Å². The maximum atomic E-state index is 12.6. The van der Waals surface area contributed by atoms with Gasteiger partial charge in [0.05, 0.1) is 23.0 Å². The number of carbonyl (C=O) groups excluding carboxylic acids is 1. The molecule has 1 amide bonds. The lowest BCUT2D eigenvalue weighted by molar-refractivity contribution is -0.384. The van der Waals surface area contributed by atoms with Gasteiger partial charge in [0.15, 0.2) is 0 Å². The molecule has 188 valence electrons. The Kier molecular flexibility index (Phi) is 7.80. The number of nitro groups is 2. The van der Waals surface area contributed by atoms with Crippen LogP contribution in [0.2, 0.25) is 0 Å². The Morgan fingerprint density at radius 1 is 0.973 bits per heavy atom. The van der Waals surface area contributed by atoms with Gasteiger partial charge in [0.1, 0.15) is 33.7 Å².